The van der Waals surface area contributed by atoms with Gasteiger partial charge in [0.05, 0.1) is 0 Å². The van der Waals surface area contributed by atoms with Gasteiger partial charge in [-0.25, -0.2) is 0 Å². The van der Waals surface area contributed by atoms with E-state index in [1.54, 1.807) is 5.56 Å². The van der Waals surface area contributed by atoms with E-state index >= 15 is 0 Å². The first kappa shape index (κ1) is 10.2. The molecular formula is C13H17Br. The van der Waals surface area contributed by atoms with Gasteiger partial charge in [0, 0.05) is 5.33 Å². The van der Waals surface area contributed by atoms with Crippen molar-refractivity contribution in [2.75, 3.05) is 5.33 Å². The lowest BCUT2D eigenvalue weighted by molar-refractivity contribution is 0.566. The molecule has 1 heteroatoms. The van der Waals surface area contributed by atoms with Crippen molar-refractivity contribution >= 4 is 15.9 Å². The highest BCUT2D eigenvalue weighted by Crippen LogP contribution is 2.57. The summed E-state index contributed by atoms with van der Waals surface area (Å²) in [6.45, 7) is 2.29. The second-order valence-electron chi connectivity index (χ2n) is 4.33. The van der Waals surface area contributed by atoms with Gasteiger partial charge in [-0.15, -0.1) is 0 Å². The molecule has 1 aliphatic rings. The number of benzene rings is 1. The summed E-state index contributed by atoms with van der Waals surface area (Å²) in [7, 11) is 0. The van der Waals surface area contributed by atoms with Gasteiger partial charge in [0.1, 0.15) is 0 Å². The molecule has 1 fully saturated rings. The predicted molar refractivity (Wildman–Crippen MR) is 64.9 cm³/mol. The molecule has 0 aromatic heterocycles. The fourth-order valence-electron chi connectivity index (χ4n) is 2.60. The van der Waals surface area contributed by atoms with Gasteiger partial charge in [-0.1, -0.05) is 59.6 Å². The molecule has 1 aliphatic carbocycles. The van der Waals surface area contributed by atoms with Gasteiger partial charge in [-0.3, -0.25) is 0 Å². The number of hydrogen-bond acceptors (Lipinski definition) is 0. The van der Waals surface area contributed by atoms with Crippen molar-refractivity contribution in [1.82, 2.24) is 0 Å². The van der Waals surface area contributed by atoms with E-state index in [-0.39, 0.29) is 0 Å². The Morgan fingerprint density at radius 2 is 2.07 bits per heavy atom. The van der Waals surface area contributed by atoms with Crippen molar-refractivity contribution in [2.45, 2.75) is 31.6 Å². The molecule has 1 aromatic carbocycles. The van der Waals surface area contributed by atoms with E-state index in [1.165, 1.54) is 19.3 Å². The van der Waals surface area contributed by atoms with Crippen molar-refractivity contribution < 1.29 is 0 Å². The number of halogens is 1. The van der Waals surface area contributed by atoms with Crippen LogP contribution in [0, 0.1) is 5.92 Å². The predicted octanol–water partition coefficient (Wildman–Crippen LogP) is 4.14. The molecule has 2 rings (SSSR count). The van der Waals surface area contributed by atoms with Crippen LogP contribution in [-0.4, -0.2) is 5.33 Å². The molecule has 2 atom stereocenters. The molecule has 1 saturated carbocycles. The molecule has 0 nitrogen and oxygen atoms in total. The third-order valence-electron chi connectivity index (χ3n) is 3.46. The topological polar surface area (TPSA) is 0 Å². The highest BCUT2D eigenvalue weighted by atomic mass is 79.9. The largest absolute Gasteiger partial charge is 0.0925 e. The number of rotatable bonds is 4. The molecule has 0 aliphatic heterocycles. The third kappa shape index (κ3) is 1.63. The van der Waals surface area contributed by atoms with Crippen molar-refractivity contribution in [3.63, 3.8) is 0 Å². The first-order valence-electron chi connectivity index (χ1n) is 5.45. The summed E-state index contributed by atoms with van der Waals surface area (Å²) in [5.74, 6) is 0.866. The third-order valence-corrected chi connectivity index (χ3v) is 4.24. The Morgan fingerprint density at radius 3 is 2.57 bits per heavy atom. The minimum atomic E-state index is 0.513. The van der Waals surface area contributed by atoms with Crippen LogP contribution >= 0.6 is 15.9 Å². The van der Waals surface area contributed by atoms with Crippen LogP contribution in [0.25, 0.3) is 0 Å². The molecule has 0 radical (unpaired) electrons. The van der Waals surface area contributed by atoms with E-state index in [4.69, 9.17) is 0 Å². The molecular weight excluding hydrogens is 236 g/mol. The van der Waals surface area contributed by atoms with Crippen LogP contribution in [0.1, 0.15) is 31.7 Å². The van der Waals surface area contributed by atoms with Crippen molar-refractivity contribution in [2.24, 2.45) is 5.92 Å². The van der Waals surface area contributed by atoms with E-state index in [2.05, 4.69) is 53.2 Å². The summed E-state index contributed by atoms with van der Waals surface area (Å²) in [5, 5.41) is 1.15. The molecule has 0 bridgehead atoms. The lowest BCUT2D eigenvalue weighted by atomic mass is 9.89. The zero-order chi connectivity index (χ0) is 10.0. The zero-order valence-electron chi connectivity index (χ0n) is 8.67. The van der Waals surface area contributed by atoms with E-state index in [0.717, 1.165) is 11.2 Å². The normalized spacial score (nSPS) is 30.3. The Labute approximate surface area is 94.8 Å². The fraction of sp³-hybridized carbons (Fsp3) is 0.538. The van der Waals surface area contributed by atoms with Crippen LogP contribution in [0.4, 0.5) is 0 Å². The highest BCUT2D eigenvalue weighted by Gasteiger charge is 2.53. The van der Waals surface area contributed by atoms with Gasteiger partial charge in [-0.2, -0.15) is 0 Å². The Bertz CT molecular complexity index is 293. The van der Waals surface area contributed by atoms with Gasteiger partial charge in [0.15, 0.2) is 0 Å². The van der Waals surface area contributed by atoms with E-state index in [0.29, 0.717) is 5.41 Å². The fourth-order valence-corrected chi connectivity index (χ4v) is 3.45. The molecule has 0 heterocycles. The van der Waals surface area contributed by atoms with Gasteiger partial charge < -0.3 is 0 Å². The highest BCUT2D eigenvalue weighted by molar-refractivity contribution is 9.09. The van der Waals surface area contributed by atoms with Gasteiger partial charge in [0.25, 0.3) is 0 Å². The zero-order valence-corrected chi connectivity index (χ0v) is 10.3. The molecule has 1 aromatic rings. The molecule has 14 heavy (non-hydrogen) atoms. The first-order valence-corrected chi connectivity index (χ1v) is 6.57. The van der Waals surface area contributed by atoms with E-state index in [1.807, 2.05) is 0 Å². The summed E-state index contributed by atoms with van der Waals surface area (Å²) in [4.78, 5) is 0. The van der Waals surface area contributed by atoms with Crippen molar-refractivity contribution in [3.8, 4) is 0 Å². The monoisotopic (exact) mass is 252 g/mol. The summed E-state index contributed by atoms with van der Waals surface area (Å²) in [6, 6.07) is 11.0. The minimum absolute atomic E-state index is 0.513. The molecule has 0 spiro atoms. The van der Waals surface area contributed by atoms with Crippen LogP contribution < -0.4 is 0 Å². The molecule has 2 unspecified atom stereocenters. The Balaban J connectivity index is 2.22. The summed E-state index contributed by atoms with van der Waals surface area (Å²) in [5.41, 5.74) is 2.06. The average Bonchev–Trinajstić information content (AvgIpc) is 2.95. The SMILES string of the molecule is CCCC1(c2ccccc2)CC1CBr. The lowest BCUT2D eigenvalue weighted by Gasteiger charge is -2.16. The molecule has 0 amide bonds. The summed E-state index contributed by atoms with van der Waals surface area (Å²) >= 11 is 3.62. The van der Waals surface area contributed by atoms with Gasteiger partial charge in [-0.05, 0) is 29.7 Å². The average molecular weight is 253 g/mol. The van der Waals surface area contributed by atoms with E-state index in [9.17, 15) is 0 Å². The molecule has 0 saturated heterocycles. The Morgan fingerprint density at radius 1 is 1.36 bits per heavy atom. The van der Waals surface area contributed by atoms with E-state index < -0.39 is 0 Å². The maximum absolute atomic E-state index is 3.62. The number of alkyl halides is 1. The minimum Gasteiger partial charge on any atom is -0.0925 e. The first-order chi connectivity index (χ1) is 6.83. The van der Waals surface area contributed by atoms with Crippen LogP contribution in [0.15, 0.2) is 30.3 Å². The smallest absolute Gasteiger partial charge is 0.00685 e. The standard InChI is InChI=1S/C13H17Br/c1-2-8-13(9-12(13)10-14)11-6-4-3-5-7-11/h3-7,12H,2,8-10H2,1H3. The van der Waals surface area contributed by atoms with Crippen LogP contribution in [-0.2, 0) is 5.41 Å². The number of hydrogen-bond donors (Lipinski definition) is 0. The van der Waals surface area contributed by atoms with Crippen LogP contribution in [0.3, 0.4) is 0 Å². The van der Waals surface area contributed by atoms with Crippen LogP contribution in [0.5, 0.6) is 0 Å². The molecule has 76 valence electrons. The summed E-state index contributed by atoms with van der Waals surface area (Å²) in [6.07, 6.45) is 4.00. The maximum atomic E-state index is 3.62. The molecule has 0 N–H and O–H groups in total. The summed E-state index contributed by atoms with van der Waals surface area (Å²) < 4.78 is 0. The lowest BCUT2D eigenvalue weighted by Crippen LogP contribution is -2.10. The van der Waals surface area contributed by atoms with Crippen LogP contribution in [0.2, 0.25) is 0 Å². The van der Waals surface area contributed by atoms with Gasteiger partial charge >= 0.3 is 0 Å². The van der Waals surface area contributed by atoms with Crippen molar-refractivity contribution in [3.05, 3.63) is 35.9 Å². The van der Waals surface area contributed by atoms with Crippen molar-refractivity contribution in [1.29, 1.82) is 0 Å². The van der Waals surface area contributed by atoms with Gasteiger partial charge in [0.2, 0.25) is 0 Å². The Kier molecular flexibility index (Phi) is 2.96. The second kappa shape index (κ2) is 4.06. The second-order valence-corrected chi connectivity index (χ2v) is 4.97. The quantitative estimate of drug-likeness (QED) is 0.707. The Hall–Kier alpha value is -0.300. The maximum Gasteiger partial charge on any atom is 0.00685 e.